The summed E-state index contributed by atoms with van der Waals surface area (Å²) in [5.41, 5.74) is 2.01. The number of benzene rings is 1. The van der Waals surface area contributed by atoms with E-state index in [2.05, 4.69) is 27.7 Å². The Balaban J connectivity index is 3.23. The van der Waals surface area contributed by atoms with Crippen LogP contribution in [0.15, 0.2) is 18.2 Å². The Hall–Kier alpha value is -1.82. The minimum absolute atomic E-state index is 0.263. The molecule has 0 aliphatic heterocycles. The van der Waals surface area contributed by atoms with Crippen molar-refractivity contribution in [3.8, 4) is 11.8 Å². The smallest absolute Gasteiger partial charge is 0.328 e. The maximum absolute atomic E-state index is 11.8. The minimum atomic E-state index is -0.750. The first-order chi connectivity index (χ1) is 8.88. The Morgan fingerprint density at radius 1 is 1.11 bits per heavy atom. The summed E-state index contributed by atoms with van der Waals surface area (Å²) in [5, 5.41) is 8.79. The third kappa shape index (κ3) is 3.57. The average molecular weight is 259 g/mol. The molecular weight excluding hydrogens is 238 g/mol. The zero-order valence-corrected chi connectivity index (χ0v) is 12.2. The van der Waals surface area contributed by atoms with Crippen molar-refractivity contribution >= 4 is 5.97 Å². The molecule has 0 radical (unpaired) electrons. The van der Waals surface area contributed by atoms with Crippen molar-refractivity contribution in [1.29, 1.82) is 5.26 Å². The van der Waals surface area contributed by atoms with Gasteiger partial charge in [0, 0.05) is 0 Å². The van der Waals surface area contributed by atoms with E-state index in [1.54, 1.807) is 6.92 Å². The summed E-state index contributed by atoms with van der Waals surface area (Å²) in [5.74, 6) is -0.0879. The lowest BCUT2D eigenvalue weighted by molar-refractivity contribution is -0.136. The van der Waals surface area contributed by atoms with Crippen LogP contribution in [0.4, 0.5) is 0 Å². The zero-order chi connectivity index (χ0) is 14.6. The van der Waals surface area contributed by atoms with Crippen LogP contribution in [0.25, 0.3) is 0 Å². The van der Waals surface area contributed by atoms with Crippen LogP contribution >= 0.6 is 0 Å². The molecule has 19 heavy (non-hydrogen) atoms. The van der Waals surface area contributed by atoms with Gasteiger partial charge in [0.2, 0.25) is 0 Å². The lowest BCUT2D eigenvalue weighted by Crippen LogP contribution is -2.18. The second-order valence-corrected chi connectivity index (χ2v) is 5.35. The van der Waals surface area contributed by atoms with E-state index in [4.69, 9.17) is 10.00 Å². The topological polar surface area (TPSA) is 50.1 Å². The molecular formula is C16H21NO2. The van der Waals surface area contributed by atoms with Gasteiger partial charge < -0.3 is 4.74 Å². The number of para-hydroxylation sites is 1. The highest BCUT2D eigenvalue weighted by Crippen LogP contribution is 2.34. The molecule has 1 atom stereocenters. The minimum Gasteiger partial charge on any atom is -0.425 e. The maximum atomic E-state index is 11.8. The van der Waals surface area contributed by atoms with Crippen molar-refractivity contribution in [1.82, 2.24) is 0 Å². The largest absolute Gasteiger partial charge is 0.425 e. The standard InChI is InChI=1S/C16H21NO2/c1-10(2)13-7-6-8-14(11(3)4)15(13)19-16(18)12(5)9-17/h6-8,10-12H,1-5H3. The first-order valence-corrected chi connectivity index (χ1v) is 6.62. The van der Waals surface area contributed by atoms with Crippen LogP contribution in [-0.2, 0) is 4.79 Å². The normalized spacial score (nSPS) is 12.3. The van der Waals surface area contributed by atoms with Gasteiger partial charge in [0.15, 0.2) is 0 Å². The summed E-state index contributed by atoms with van der Waals surface area (Å²) in [6, 6.07) is 7.83. The number of esters is 1. The van der Waals surface area contributed by atoms with E-state index in [0.717, 1.165) is 11.1 Å². The van der Waals surface area contributed by atoms with Crippen LogP contribution in [0.1, 0.15) is 57.6 Å². The van der Waals surface area contributed by atoms with Gasteiger partial charge in [-0.25, -0.2) is 0 Å². The van der Waals surface area contributed by atoms with Gasteiger partial charge in [-0.15, -0.1) is 0 Å². The molecule has 1 aromatic carbocycles. The first kappa shape index (κ1) is 15.2. The summed E-state index contributed by atoms with van der Waals surface area (Å²) in [6.45, 7) is 9.79. The van der Waals surface area contributed by atoms with E-state index in [-0.39, 0.29) is 11.8 Å². The molecule has 0 bridgehead atoms. The highest BCUT2D eigenvalue weighted by Gasteiger charge is 2.21. The molecule has 0 aliphatic carbocycles. The molecule has 0 saturated heterocycles. The van der Waals surface area contributed by atoms with Crippen LogP contribution in [-0.4, -0.2) is 5.97 Å². The third-order valence-corrected chi connectivity index (χ3v) is 3.07. The highest BCUT2D eigenvalue weighted by atomic mass is 16.5. The lowest BCUT2D eigenvalue weighted by Gasteiger charge is -2.19. The summed E-state index contributed by atoms with van der Waals surface area (Å²) in [6.07, 6.45) is 0. The molecule has 0 fully saturated rings. The fraction of sp³-hybridized carbons (Fsp3) is 0.500. The predicted octanol–water partition coefficient (Wildman–Crippen LogP) is 4.00. The molecule has 0 saturated carbocycles. The van der Waals surface area contributed by atoms with Crippen LogP contribution in [0.3, 0.4) is 0 Å². The summed E-state index contributed by atoms with van der Waals surface area (Å²) in [7, 11) is 0. The molecule has 3 nitrogen and oxygen atoms in total. The summed E-state index contributed by atoms with van der Waals surface area (Å²) in [4.78, 5) is 11.8. The number of hydrogen-bond acceptors (Lipinski definition) is 3. The number of nitrogens with zero attached hydrogens (tertiary/aromatic N) is 1. The van der Waals surface area contributed by atoms with E-state index in [0.29, 0.717) is 5.75 Å². The second kappa shape index (κ2) is 6.38. The van der Waals surface area contributed by atoms with E-state index in [9.17, 15) is 4.79 Å². The Labute approximate surface area is 115 Å². The third-order valence-electron chi connectivity index (χ3n) is 3.07. The SMILES string of the molecule is CC(C#N)C(=O)Oc1c(C(C)C)cccc1C(C)C. The number of rotatable bonds is 4. The second-order valence-electron chi connectivity index (χ2n) is 5.35. The van der Waals surface area contributed by atoms with Crippen molar-refractivity contribution in [3.05, 3.63) is 29.3 Å². The van der Waals surface area contributed by atoms with Gasteiger partial charge in [-0.3, -0.25) is 4.79 Å². The maximum Gasteiger partial charge on any atom is 0.328 e. The van der Waals surface area contributed by atoms with E-state index in [1.165, 1.54) is 0 Å². The molecule has 0 heterocycles. The van der Waals surface area contributed by atoms with Crippen LogP contribution in [0.5, 0.6) is 5.75 Å². The Morgan fingerprint density at radius 3 is 1.95 bits per heavy atom. The fourth-order valence-electron chi connectivity index (χ4n) is 1.84. The molecule has 0 spiro atoms. The van der Waals surface area contributed by atoms with Gasteiger partial charge >= 0.3 is 5.97 Å². The van der Waals surface area contributed by atoms with Crippen molar-refractivity contribution in [2.45, 2.75) is 46.5 Å². The van der Waals surface area contributed by atoms with Gasteiger partial charge in [0.1, 0.15) is 11.7 Å². The molecule has 102 valence electrons. The number of carbonyl (C=O) groups excluding carboxylic acids is 1. The first-order valence-electron chi connectivity index (χ1n) is 6.62. The van der Waals surface area contributed by atoms with E-state index < -0.39 is 11.9 Å². The van der Waals surface area contributed by atoms with E-state index in [1.807, 2.05) is 24.3 Å². The molecule has 0 aliphatic rings. The monoisotopic (exact) mass is 259 g/mol. The van der Waals surface area contributed by atoms with Crippen molar-refractivity contribution < 1.29 is 9.53 Å². The van der Waals surface area contributed by atoms with Crippen molar-refractivity contribution in [2.75, 3.05) is 0 Å². The van der Waals surface area contributed by atoms with Gasteiger partial charge in [-0.1, -0.05) is 45.9 Å². The van der Waals surface area contributed by atoms with Crippen LogP contribution in [0.2, 0.25) is 0 Å². The molecule has 1 unspecified atom stereocenters. The molecule has 3 heteroatoms. The molecule has 0 N–H and O–H groups in total. The molecule has 1 rings (SSSR count). The number of carbonyl (C=O) groups is 1. The zero-order valence-electron chi connectivity index (χ0n) is 12.2. The van der Waals surface area contributed by atoms with Gasteiger partial charge in [0.05, 0.1) is 6.07 Å². The van der Waals surface area contributed by atoms with Crippen LogP contribution < -0.4 is 4.74 Å². The van der Waals surface area contributed by atoms with Gasteiger partial charge in [-0.2, -0.15) is 5.26 Å². The Morgan fingerprint density at radius 2 is 1.58 bits per heavy atom. The number of nitriles is 1. The number of hydrogen-bond donors (Lipinski definition) is 0. The van der Waals surface area contributed by atoms with Crippen molar-refractivity contribution in [2.24, 2.45) is 5.92 Å². The Bertz CT molecular complexity index is 472. The average Bonchev–Trinajstić information content (AvgIpc) is 2.37. The quantitative estimate of drug-likeness (QED) is 0.606. The van der Waals surface area contributed by atoms with E-state index >= 15 is 0 Å². The van der Waals surface area contributed by atoms with Crippen molar-refractivity contribution in [3.63, 3.8) is 0 Å². The van der Waals surface area contributed by atoms with Crippen LogP contribution in [0, 0.1) is 17.2 Å². The lowest BCUT2D eigenvalue weighted by atomic mass is 9.94. The van der Waals surface area contributed by atoms with Gasteiger partial charge in [0.25, 0.3) is 0 Å². The van der Waals surface area contributed by atoms with Gasteiger partial charge in [-0.05, 0) is 29.9 Å². The molecule has 0 aromatic heterocycles. The molecule has 1 aromatic rings. The highest BCUT2D eigenvalue weighted by molar-refractivity contribution is 5.78. The summed E-state index contributed by atoms with van der Waals surface area (Å²) < 4.78 is 5.49. The number of ether oxygens (including phenoxy) is 1. The fourth-order valence-corrected chi connectivity index (χ4v) is 1.84. The molecule has 0 amide bonds. The Kier molecular flexibility index (Phi) is 5.11. The summed E-state index contributed by atoms with van der Waals surface area (Å²) >= 11 is 0. The predicted molar refractivity (Wildman–Crippen MR) is 75.0 cm³/mol.